The van der Waals surface area contributed by atoms with Gasteiger partial charge in [-0.2, -0.15) is 0 Å². The number of carbonyl (C=O) groups excluding carboxylic acids is 1. The summed E-state index contributed by atoms with van der Waals surface area (Å²) in [4.78, 5) is 27.3. The number of nitrogens with one attached hydrogen (secondary N) is 1. The van der Waals surface area contributed by atoms with E-state index >= 15 is 0 Å². The van der Waals surface area contributed by atoms with Gasteiger partial charge < -0.3 is 10.2 Å². The Morgan fingerprint density at radius 3 is 3.07 bits per heavy atom. The van der Waals surface area contributed by atoms with Crippen LogP contribution in [0.25, 0.3) is 10.2 Å². The van der Waals surface area contributed by atoms with Gasteiger partial charge in [-0.1, -0.05) is 13.0 Å². The summed E-state index contributed by atoms with van der Waals surface area (Å²) < 4.78 is 0. The van der Waals surface area contributed by atoms with E-state index in [1.165, 1.54) is 16.9 Å². The third kappa shape index (κ3) is 3.84. The van der Waals surface area contributed by atoms with Crippen LogP contribution in [0.1, 0.15) is 35.6 Å². The molecule has 0 bridgehead atoms. The molecule has 1 aliphatic rings. The third-order valence-corrected chi connectivity index (χ3v) is 7.17. The van der Waals surface area contributed by atoms with Crippen LogP contribution < -0.4 is 10.2 Å². The Kier molecular flexibility index (Phi) is 5.41. The van der Waals surface area contributed by atoms with Gasteiger partial charge in [0.1, 0.15) is 17.0 Å². The van der Waals surface area contributed by atoms with E-state index in [2.05, 4.69) is 34.0 Å². The number of carbonyl (C=O) groups is 1. The normalized spacial score (nSPS) is 16.3. The molecule has 5 nitrogen and oxygen atoms in total. The SMILES string of the molecule is CCN(CC(=O)NCc1cccs1)c1ncnc2sc3c(c12)CC[C@@H](C)C3. The number of aryl methyl sites for hydroxylation is 1. The van der Waals surface area contributed by atoms with Crippen molar-refractivity contribution in [3.8, 4) is 0 Å². The van der Waals surface area contributed by atoms with Gasteiger partial charge in [-0.05, 0) is 49.1 Å². The van der Waals surface area contributed by atoms with Gasteiger partial charge >= 0.3 is 0 Å². The summed E-state index contributed by atoms with van der Waals surface area (Å²) in [5.74, 6) is 1.66. The van der Waals surface area contributed by atoms with Crippen molar-refractivity contribution in [1.29, 1.82) is 0 Å². The smallest absolute Gasteiger partial charge is 0.239 e. The monoisotopic (exact) mass is 400 g/mol. The van der Waals surface area contributed by atoms with Crippen molar-refractivity contribution >= 4 is 44.6 Å². The molecule has 1 amide bonds. The first-order valence-corrected chi connectivity index (χ1v) is 11.1. The minimum absolute atomic E-state index is 0.0229. The molecule has 0 fully saturated rings. The minimum atomic E-state index is 0.0229. The number of thiophene rings is 2. The molecule has 3 aromatic rings. The van der Waals surface area contributed by atoms with Crippen LogP contribution in [0.5, 0.6) is 0 Å². The molecular formula is C20H24N4OS2. The third-order valence-electron chi connectivity index (χ3n) is 5.13. The first-order chi connectivity index (χ1) is 13.2. The van der Waals surface area contributed by atoms with Gasteiger partial charge in [0.25, 0.3) is 0 Å². The number of anilines is 1. The first kappa shape index (κ1) is 18.4. The Morgan fingerprint density at radius 2 is 2.30 bits per heavy atom. The van der Waals surface area contributed by atoms with Gasteiger partial charge in [0.2, 0.25) is 5.91 Å². The molecule has 1 N–H and O–H groups in total. The van der Waals surface area contributed by atoms with Crippen LogP contribution in [-0.2, 0) is 24.2 Å². The number of aromatic nitrogens is 2. The quantitative estimate of drug-likeness (QED) is 0.679. The Balaban J connectivity index is 1.57. The summed E-state index contributed by atoms with van der Waals surface area (Å²) in [5, 5.41) is 6.21. The zero-order chi connectivity index (χ0) is 18.8. The number of nitrogens with zero attached hydrogens (tertiary/aromatic N) is 3. The average Bonchev–Trinajstić information content (AvgIpc) is 3.31. The zero-order valence-corrected chi connectivity index (χ0v) is 17.3. The van der Waals surface area contributed by atoms with E-state index in [4.69, 9.17) is 0 Å². The zero-order valence-electron chi connectivity index (χ0n) is 15.7. The fraction of sp³-hybridized carbons (Fsp3) is 0.450. The number of hydrogen-bond donors (Lipinski definition) is 1. The summed E-state index contributed by atoms with van der Waals surface area (Å²) in [6.07, 6.45) is 5.05. The lowest BCUT2D eigenvalue weighted by molar-refractivity contribution is -0.119. The standard InChI is InChI=1S/C20H24N4OS2/c1-3-24(11-17(25)21-10-14-5-4-8-26-14)19-18-15-7-6-13(2)9-16(15)27-20(18)23-12-22-19/h4-5,8,12-13H,3,6-7,9-11H2,1-2H3,(H,21,25)/t13-/m1/s1. The number of fused-ring (bicyclic) bond motifs is 3. The van der Waals surface area contributed by atoms with Crippen molar-refractivity contribution in [2.45, 2.75) is 39.7 Å². The highest BCUT2D eigenvalue weighted by Crippen LogP contribution is 2.40. The van der Waals surface area contributed by atoms with Crippen LogP contribution >= 0.6 is 22.7 Å². The molecule has 27 heavy (non-hydrogen) atoms. The maximum absolute atomic E-state index is 12.5. The van der Waals surface area contributed by atoms with E-state index in [1.807, 2.05) is 17.5 Å². The van der Waals surface area contributed by atoms with E-state index < -0.39 is 0 Å². The Bertz CT molecular complexity index is 935. The van der Waals surface area contributed by atoms with Crippen LogP contribution in [0.2, 0.25) is 0 Å². The van der Waals surface area contributed by atoms with Crippen molar-refractivity contribution < 1.29 is 4.79 Å². The molecule has 0 aliphatic heterocycles. The van der Waals surface area contributed by atoms with Crippen LogP contribution in [-0.4, -0.2) is 29.0 Å². The maximum Gasteiger partial charge on any atom is 0.239 e. The highest BCUT2D eigenvalue weighted by Gasteiger charge is 2.25. The van der Waals surface area contributed by atoms with Gasteiger partial charge in [-0.3, -0.25) is 4.79 Å². The molecule has 0 unspecified atom stereocenters. The summed E-state index contributed by atoms with van der Waals surface area (Å²) in [6.45, 7) is 6.02. The molecule has 4 rings (SSSR count). The van der Waals surface area contributed by atoms with Crippen LogP contribution in [0.4, 0.5) is 5.82 Å². The van der Waals surface area contributed by atoms with Gasteiger partial charge in [-0.15, -0.1) is 22.7 Å². The summed E-state index contributed by atoms with van der Waals surface area (Å²) in [6, 6.07) is 4.04. The molecule has 0 aromatic carbocycles. The summed E-state index contributed by atoms with van der Waals surface area (Å²) >= 11 is 3.45. The molecule has 3 aromatic heterocycles. The molecule has 1 atom stereocenters. The second-order valence-electron chi connectivity index (χ2n) is 7.10. The first-order valence-electron chi connectivity index (χ1n) is 9.45. The lowest BCUT2D eigenvalue weighted by Gasteiger charge is -2.23. The maximum atomic E-state index is 12.5. The Hall–Kier alpha value is -1.99. The number of rotatable bonds is 6. The van der Waals surface area contributed by atoms with E-state index in [0.717, 1.165) is 46.2 Å². The number of hydrogen-bond acceptors (Lipinski definition) is 6. The molecule has 0 radical (unpaired) electrons. The second kappa shape index (κ2) is 7.94. The van der Waals surface area contributed by atoms with Crippen molar-refractivity contribution in [2.75, 3.05) is 18.0 Å². The van der Waals surface area contributed by atoms with E-state index in [9.17, 15) is 4.79 Å². The fourth-order valence-corrected chi connectivity index (χ4v) is 5.65. The molecule has 0 spiro atoms. The highest BCUT2D eigenvalue weighted by atomic mass is 32.1. The van der Waals surface area contributed by atoms with Crippen molar-refractivity contribution in [2.24, 2.45) is 5.92 Å². The lowest BCUT2D eigenvalue weighted by atomic mass is 9.89. The average molecular weight is 401 g/mol. The molecule has 3 heterocycles. The summed E-state index contributed by atoms with van der Waals surface area (Å²) in [5.41, 5.74) is 1.40. The van der Waals surface area contributed by atoms with Crippen molar-refractivity contribution in [3.63, 3.8) is 0 Å². The molecule has 142 valence electrons. The second-order valence-corrected chi connectivity index (χ2v) is 9.22. The molecular weight excluding hydrogens is 376 g/mol. The molecule has 1 aliphatic carbocycles. The van der Waals surface area contributed by atoms with Gasteiger partial charge in [0, 0.05) is 16.3 Å². The van der Waals surface area contributed by atoms with Crippen LogP contribution in [0, 0.1) is 5.92 Å². The number of likely N-dealkylation sites (N-methyl/N-ethyl adjacent to an activating group) is 1. The predicted molar refractivity (Wildman–Crippen MR) is 113 cm³/mol. The van der Waals surface area contributed by atoms with Crippen LogP contribution in [0.3, 0.4) is 0 Å². The molecule has 0 saturated heterocycles. The fourth-order valence-electron chi connectivity index (χ4n) is 3.66. The largest absolute Gasteiger partial charge is 0.350 e. The molecule has 7 heteroatoms. The van der Waals surface area contributed by atoms with E-state index in [-0.39, 0.29) is 5.91 Å². The summed E-state index contributed by atoms with van der Waals surface area (Å²) in [7, 11) is 0. The number of amides is 1. The molecule has 0 saturated carbocycles. The predicted octanol–water partition coefficient (Wildman–Crippen LogP) is 4.02. The van der Waals surface area contributed by atoms with Gasteiger partial charge in [-0.25, -0.2) is 9.97 Å². The van der Waals surface area contributed by atoms with Gasteiger partial charge in [0.05, 0.1) is 18.5 Å². The lowest BCUT2D eigenvalue weighted by Crippen LogP contribution is -2.37. The van der Waals surface area contributed by atoms with Crippen molar-refractivity contribution in [3.05, 3.63) is 39.2 Å². The van der Waals surface area contributed by atoms with E-state index in [0.29, 0.717) is 13.1 Å². The Morgan fingerprint density at radius 1 is 1.41 bits per heavy atom. The van der Waals surface area contributed by atoms with Crippen molar-refractivity contribution in [1.82, 2.24) is 15.3 Å². The topological polar surface area (TPSA) is 58.1 Å². The minimum Gasteiger partial charge on any atom is -0.350 e. The van der Waals surface area contributed by atoms with E-state index in [1.54, 1.807) is 29.0 Å². The Labute approximate surface area is 167 Å². The highest BCUT2D eigenvalue weighted by molar-refractivity contribution is 7.19. The van der Waals surface area contributed by atoms with Gasteiger partial charge in [0.15, 0.2) is 0 Å². The van der Waals surface area contributed by atoms with Crippen LogP contribution in [0.15, 0.2) is 23.8 Å².